The standard InChI is InChI=1S/C20H13F3N2O3S/c21-14-5-8-16(9-6-14)25-20(26)24(12-13-11-15(22)7-10-17(13)23)18-3-1-2-4-19(18)29(25,27)28/h1-11H,12H2. The summed E-state index contributed by atoms with van der Waals surface area (Å²) in [6.45, 7) is -0.396. The Kier molecular flexibility index (Phi) is 4.54. The van der Waals surface area contributed by atoms with E-state index in [9.17, 15) is 26.4 Å². The summed E-state index contributed by atoms with van der Waals surface area (Å²) in [6.07, 6.45) is 0. The Morgan fingerprint density at radius 1 is 0.828 bits per heavy atom. The van der Waals surface area contributed by atoms with E-state index >= 15 is 0 Å². The van der Waals surface area contributed by atoms with E-state index < -0.39 is 40.1 Å². The molecule has 5 nitrogen and oxygen atoms in total. The van der Waals surface area contributed by atoms with Gasteiger partial charge in [-0.15, -0.1) is 0 Å². The highest BCUT2D eigenvalue weighted by Gasteiger charge is 2.42. The van der Waals surface area contributed by atoms with Crippen molar-refractivity contribution in [3.05, 3.63) is 89.7 Å². The van der Waals surface area contributed by atoms with E-state index in [0.717, 1.165) is 47.4 Å². The number of nitrogens with zero attached hydrogens (tertiary/aromatic N) is 2. The zero-order valence-electron chi connectivity index (χ0n) is 14.7. The van der Waals surface area contributed by atoms with Gasteiger partial charge in [-0.3, -0.25) is 4.90 Å². The predicted molar refractivity (Wildman–Crippen MR) is 100 cm³/mol. The highest BCUT2D eigenvalue weighted by Crippen LogP contribution is 2.38. The second-order valence-electron chi connectivity index (χ2n) is 6.32. The monoisotopic (exact) mass is 418 g/mol. The van der Waals surface area contributed by atoms with Crippen molar-refractivity contribution >= 4 is 27.4 Å². The molecular weight excluding hydrogens is 405 g/mol. The van der Waals surface area contributed by atoms with Gasteiger partial charge in [-0.05, 0) is 54.6 Å². The molecule has 4 rings (SSSR count). The van der Waals surface area contributed by atoms with Crippen LogP contribution in [0.2, 0.25) is 0 Å². The van der Waals surface area contributed by atoms with Gasteiger partial charge in [0.1, 0.15) is 22.3 Å². The molecule has 29 heavy (non-hydrogen) atoms. The van der Waals surface area contributed by atoms with Gasteiger partial charge >= 0.3 is 6.03 Å². The van der Waals surface area contributed by atoms with E-state index in [1.54, 1.807) is 0 Å². The van der Waals surface area contributed by atoms with E-state index in [1.807, 2.05) is 0 Å². The Morgan fingerprint density at radius 3 is 2.21 bits per heavy atom. The molecule has 9 heteroatoms. The van der Waals surface area contributed by atoms with Crippen molar-refractivity contribution in [3.8, 4) is 0 Å². The topological polar surface area (TPSA) is 57.7 Å². The maximum atomic E-state index is 14.2. The summed E-state index contributed by atoms with van der Waals surface area (Å²) >= 11 is 0. The molecule has 1 aliphatic rings. The molecule has 1 heterocycles. The van der Waals surface area contributed by atoms with E-state index in [-0.39, 0.29) is 21.8 Å². The van der Waals surface area contributed by atoms with Crippen molar-refractivity contribution in [1.82, 2.24) is 0 Å². The summed E-state index contributed by atoms with van der Waals surface area (Å²) < 4.78 is 67.7. The SMILES string of the molecule is O=C1N(Cc2cc(F)ccc2F)c2ccccc2S(=O)(=O)N1c1ccc(F)cc1. The van der Waals surface area contributed by atoms with Crippen molar-refractivity contribution in [3.63, 3.8) is 0 Å². The number of carbonyl (C=O) groups excluding carboxylic acids is 1. The fraction of sp³-hybridized carbons (Fsp3) is 0.0500. The third-order valence-electron chi connectivity index (χ3n) is 4.48. The number of hydrogen-bond donors (Lipinski definition) is 0. The lowest BCUT2D eigenvalue weighted by atomic mass is 10.1. The van der Waals surface area contributed by atoms with Crippen LogP contribution < -0.4 is 9.21 Å². The van der Waals surface area contributed by atoms with Gasteiger partial charge < -0.3 is 0 Å². The van der Waals surface area contributed by atoms with Gasteiger partial charge in [0.2, 0.25) is 0 Å². The third-order valence-corrected chi connectivity index (χ3v) is 6.23. The Morgan fingerprint density at radius 2 is 1.48 bits per heavy atom. The van der Waals surface area contributed by atoms with Gasteiger partial charge in [-0.1, -0.05) is 12.1 Å². The number of fused-ring (bicyclic) bond motifs is 1. The fourth-order valence-electron chi connectivity index (χ4n) is 3.13. The van der Waals surface area contributed by atoms with Gasteiger partial charge in [-0.2, -0.15) is 4.31 Å². The van der Waals surface area contributed by atoms with Crippen LogP contribution >= 0.6 is 0 Å². The van der Waals surface area contributed by atoms with Crippen LogP contribution in [0.3, 0.4) is 0 Å². The maximum absolute atomic E-state index is 14.2. The summed E-state index contributed by atoms with van der Waals surface area (Å²) in [7, 11) is -4.29. The maximum Gasteiger partial charge on any atom is 0.343 e. The van der Waals surface area contributed by atoms with Gasteiger partial charge in [0, 0.05) is 5.56 Å². The zero-order valence-corrected chi connectivity index (χ0v) is 15.5. The molecule has 0 radical (unpaired) electrons. The third kappa shape index (κ3) is 3.23. The number of benzene rings is 3. The molecule has 0 fully saturated rings. The first-order chi connectivity index (χ1) is 13.8. The number of sulfonamides is 1. The molecule has 0 atom stereocenters. The smallest absolute Gasteiger partial charge is 0.287 e. The highest BCUT2D eigenvalue weighted by atomic mass is 32.2. The first-order valence-corrected chi connectivity index (χ1v) is 9.88. The molecule has 148 valence electrons. The first-order valence-electron chi connectivity index (χ1n) is 8.44. The fourth-order valence-corrected chi connectivity index (χ4v) is 4.72. The molecule has 0 saturated carbocycles. The summed E-state index contributed by atoms with van der Waals surface area (Å²) in [6, 6.07) is 11.9. The van der Waals surface area contributed by atoms with E-state index in [4.69, 9.17) is 0 Å². The quantitative estimate of drug-likeness (QED) is 0.632. The molecule has 0 aliphatic carbocycles. The molecule has 0 N–H and O–H groups in total. The van der Waals surface area contributed by atoms with E-state index in [2.05, 4.69) is 0 Å². The molecule has 0 unspecified atom stereocenters. The number of rotatable bonds is 3. The van der Waals surface area contributed by atoms with Crippen molar-refractivity contribution in [1.29, 1.82) is 0 Å². The van der Waals surface area contributed by atoms with Gasteiger partial charge in [0.05, 0.1) is 17.9 Å². The molecule has 0 aromatic heterocycles. The van der Waals surface area contributed by atoms with E-state index in [1.165, 1.54) is 24.3 Å². The lowest BCUT2D eigenvalue weighted by Gasteiger charge is -2.36. The number of para-hydroxylation sites is 1. The lowest BCUT2D eigenvalue weighted by molar-refractivity contribution is 0.253. The number of amides is 2. The predicted octanol–water partition coefficient (Wildman–Crippen LogP) is 4.44. The van der Waals surface area contributed by atoms with Gasteiger partial charge in [0.25, 0.3) is 10.0 Å². The molecule has 0 spiro atoms. The van der Waals surface area contributed by atoms with Crippen LogP contribution in [0.4, 0.5) is 29.3 Å². The summed E-state index contributed by atoms with van der Waals surface area (Å²) in [5.41, 5.74) is -0.151. The lowest BCUT2D eigenvalue weighted by Crippen LogP contribution is -2.50. The van der Waals surface area contributed by atoms with Crippen LogP contribution in [0.5, 0.6) is 0 Å². The summed E-state index contributed by atoms with van der Waals surface area (Å²) in [5, 5.41) is 0. The van der Waals surface area contributed by atoms with Crippen LogP contribution in [-0.2, 0) is 16.6 Å². The number of carbonyl (C=O) groups is 1. The minimum Gasteiger partial charge on any atom is -0.287 e. The Hall–Kier alpha value is -3.33. The van der Waals surface area contributed by atoms with Crippen LogP contribution in [-0.4, -0.2) is 14.4 Å². The number of hydrogen-bond acceptors (Lipinski definition) is 3. The molecule has 0 bridgehead atoms. The van der Waals surface area contributed by atoms with Crippen molar-refractivity contribution < 1.29 is 26.4 Å². The van der Waals surface area contributed by atoms with E-state index in [0.29, 0.717) is 4.31 Å². The number of halogens is 3. The second kappa shape index (κ2) is 6.93. The van der Waals surface area contributed by atoms with Gasteiger partial charge in [0.15, 0.2) is 0 Å². The molecule has 1 aliphatic heterocycles. The molecular formula is C20H13F3N2O3S. The van der Waals surface area contributed by atoms with Crippen molar-refractivity contribution in [2.24, 2.45) is 0 Å². The van der Waals surface area contributed by atoms with Crippen LogP contribution in [0, 0.1) is 17.5 Å². The Labute approximate surface area is 164 Å². The summed E-state index contributed by atoms with van der Waals surface area (Å²) in [5.74, 6) is -2.03. The Balaban J connectivity index is 1.88. The van der Waals surface area contributed by atoms with Crippen molar-refractivity contribution in [2.45, 2.75) is 11.4 Å². The normalized spacial score (nSPS) is 15.3. The van der Waals surface area contributed by atoms with Crippen LogP contribution in [0.15, 0.2) is 71.6 Å². The average Bonchev–Trinajstić information content (AvgIpc) is 2.69. The zero-order chi connectivity index (χ0) is 20.8. The minimum atomic E-state index is -4.29. The van der Waals surface area contributed by atoms with Gasteiger partial charge in [-0.25, -0.2) is 26.4 Å². The number of anilines is 2. The van der Waals surface area contributed by atoms with Crippen molar-refractivity contribution in [2.75, 3.05) is 9.21 Å². The van der Waals surface area contributed by atoms with Crippen LogP contribution in [0.25, 0.3) is 0 Å². The Bertz CT molecular complexity index is 1210. The summed E-state index contributed by atoms with van der Waals surface area (Å²) in [4.78, 5) is 14.0. The average molecular weight is 418 g/mol. The molecule has 2 amide bonds. The molecule has 3 aromatic carbocycles. The number of urea groups is 1. The highest BCUT2D eigenvalue weighted by molar-refractivity contribution is 7.94. The minimum absolute atomic E-state index is 0.0412. The van der Waals surface area contributed by atoms with Crippen LogP contribution in [0.1, 0.15) is 5.56 Å². The largest absolute Gasteiger partial charge is 0.343 e. The second-order valence-corrected chi connectivity index (χ2v) is 8.07. The molecule has 0 saturated heterocycles. The molecule has 3 aromatic rings. The first kappa shape index (κ1) is 19.0.